The number of nitrogens with zero attached hydrogens (tertiary/aromatic N) is 1. The number of aromatic hydroxyl groups is 2. The molecule has 0 spiro atoms. The normalized spacial score (nSPS) is 27.3. The zero-order chi connectivity index (χ0) is 42.2. The van der Waals surface area contributed by atoms with Gasteiger partial charge in [0, 0.05) is 40.8 Å². The summed E-state index contributed by atoms with van der Waals surface area (Å²) >= 11 is 0. The van der Waals surface area contributed by atoms with Gasteiger partial charge in [-0.25, -0.2) is 0 Å². The molecule has 4 aliphatic heterocycles. The van der Waals surface area contributed by atoms with Crippen LogP contribution in [0.2, 0.25) is 0 Å². The zero-order valence-electron chi connectivity index (χ0n) is 35.7. The molecule has 2 saturated heterocycles. The van der Waals surface area contributed by atoms with E-state index in [1.165, 1.54) is 22.3 Å². The molecule has 9 nitrogen and oxygen atoms in total. The highest BCUT2D eigenvalue weighted by Crippen LogP contribution is 2.52. The Balaban J connectivity index is 1.02. The number of phenols is 2. The molecule has 5 heterocycles. The molecule has 1 aliphatic carbocycles. The van der Waals surface area contributed by atoms with Crippen LogP contribution in [-0.2, 0) is 40.8 Å². The van der Waals surface area contributed by atoms with Crippen LogP contribution in [0.3, 0.4) is 0 Å². The number of unbranched alkanes of at least 4 members (excludes halogenated alkanes) is 2. The smallest absolute Gasteiger partial charge is 0.161 e. The Kier molecular flexibility index (Phi) is 11.6. The van der Waals surface area contributed by atoms with Crippen molar-refractivity contribution < 1.29 is 29.5 Å². The molecule has 9 heteroatoms. The van der Waals surface area contributed by atoms with E-state index in [-0.39, 0.29) is 36.1 Å². The van der Waals surface area contributed by atoms with E-state index in [0.29, 0.717) is 49.2 Å². The molecule has 0 amide bonds. The Morgan fingerprint density at radius 3 is 2.66 bits per heavy atom. The summed E-state index contributed by atoms with van der Waals surface area (Å²) in [5.41, 5.74) is 14.9. The Morgan fingerprint density at radius 1 is 0.871 bits per heavy atom. The van der Waals surface area contributed by atoms with Crippen molar-refractivity contribution in [1.29, 1.82) is 0 Å². The minimum atomic E-state index is -0.546. The van der Waals surface area contributed by atoms with Crippen molar-refractivity contribution in [3.63, 3.8) is 0 Å². The van der Waals surface area contributed by atoms with Crippen LogP contribution < -0.4 is 15.8 Å². The van der Waals surface area contributed by atoms with Gasteiger partial charge in [-0.15, -0.1) is 0 Å². The second-order valence-corrected chi connectivity index (χ2v) is 18.6. The van der Waals surface area contributed by atoms with Gasteiger partial charge in [-0.05, 0) is 152 Å². The lowest BCUT2D eigenvalue weighted by Gasteiger charge is -2.49. The minimum Gasteiger partial charge on any atom is -0.508 e. The highest BCUT2D eigenvalue weighted by Gasteiger charge is 2.47. The lowest BCUT2D eigenvalue weighted by molar-refractivity contribution is -0.0874. The van der Waals surface area contributed by atoms with E-state index in [0.717, 1.165) is 104 Å². The number of hydrogen-bond donors (Lipinski definition) is 5. The second kappa shape index (κ2) is 17.6. The highest BCUT2D eigenvalue weighted by molar-refractivity contribution is 5.88. The number of rotatable bonds is 7. The first-order chi connectivity index (χ1) is 30.3. The monoisotopic (exact) mass is 835 g/mol. The third-order valence-corrected chi connectivity index (χ3v) is 14.8. The van der Waals surface area contributed by atoms with Crippen LogP contribution in [0.15, 0.2) is 109 Å². The fourth-order valence-corrected chi connectivity index (χ4v) is 11.4. The molecular weight excluding hydrogens is 775 g/mol. The van der Waals surface area contributed by atoms with Gasteiger partial charge in [0.25, 0.3) is 0 Å². The van der Waals surface area contributed by atoms with Crippen LogP contribution in [0.1, 0.15) is 97.6 Å². The summed E-state index contributed by atoms with van der Waals surface area (Å²) in [6, 6.07) is 26.9. The summed E-state index contributed by atoms with van der Waals surface area (Å²) in [5, 5.41) is 38.2. The van der Waals surface area contributed by atoms with Crippen molar-refractivity contribution in [2.24, 2.45) is 17.6 Å². The molecule has 6 N–H and O–H groups in total. The molecule has 7 atom stereocenters. The van der Waals surface area contributed by atoms with E-state index in [2.05, 4.69) is 64.8 Å². The van der Waals surface area contributed by atoms with Crippen LogP contribution in [0.4, 0.5) is 0 Å². The number of fused-ring (bicyclic) bond motifs is 10. The number of ether oxygens (including phenoxy) is 3. The van der Waals surface area contributed by atoms with Crippen molar-refractivity contribution in [1.82, 2.24) is 9.88 Å². The summed E-state index contributed by atoms with van der Waals surface area (Å²) in [5.74, 6) is 2.46. The van der Waals surface area contributed by atoms with Gasteiger partial charge >= 0.3 is 0 Å². The predicted molar refractivity (Wildman–Crippen MR) is 243 cm³/mol. The summed E-state index contributed by atoms with van der Waals surface area (Å²) in [6.07, 6.45) is 19.5. The van der Waals surface area contributed by atoms with Gasteiger partial charge in [-0.2, -0.15) is 0 Å². The Bertz CT molecular complexity index is 2460. The van der Waals surface area contributed by atoms with E-state index in [1.807, 2.05) is 30.3 Å². The van der Waals surface area contributed by atoms with Crippen LogP contribution in [0, 0.1) is 11.8 Å². The summed E-state index contributed by atoms with van der Waals surface area (Å²) in [6.45, 7) is 1.72. The molecule has 4 aromatic carbocycles. The topological polar surface area (TPSA) is 131 Å². The number of aryl methyl sites for hydroxylation is 3. The molecule has 6 bridgehead atoms. The van der Waals surface area contributed by atoms with Crippen LogP contribution in [0.5, 0.6) is 17.2 Å². The fraction of sp³-hybridized carbons (Fsp3) is 0.434. The largest absolute Gasteiger partial charge is 0.508 e. The molecule has 5 aromatic rings. The van der Waals surface area contributed by atoms with E-state index < -0.39 is 6.10 Å². The Labute approximate surface area is 365 Å². The van der Waals surface area contributed by atoms with Crippen molar-refractivity contribution in [2.75, 3.05) is 13.2 Å². The molecule has 10 rings (SSSR count). The van der Waals surface area contributed by atoms with E-state index in [1.54, 1.807) is 18.2 Å². The van der Waals surface area contributed by atoms with Crippen molar-refractivity contribution in [3.8, 4) is 17.2 Å². The first-order valence-corrected chi connectivity index (χ1v) is 23.1. The maximum atomic E-state index is 11.6. The summed E-state index contributed by atoms with van der Waals surface area (Å²) < 4.78 is 22.1. The van der Waals surface area contributed by atoms with E-state index >= 15 is 0 Å². The maximum Gasteiger partial charge on any atom is 0.161 e. The number of benzene rings is 4. The average Bonchev–Trinajstić information content (AvgIpc) is 3.73. The molecule has 5 aliphatic rings. The van der Waals surface area contributed by atoms with Gasteiger partial charge in [0.15, 0.2) is 11.5 Å². The first kappa shape index (κ1) is 41.0. The molecule has 0 radical (unpaired) electrons. The molecule has 1 aromatic heterocycles. The number of aliphatic hydroxyl groups is 1. The number of aromatic nitrogens is 1. The highest BCUT2D eigenvalue weighted by atomic mass is 16.5. The van der Waals surface area contributed by atoms with E-state index in [4.69, 9.17) is 19.9 Å². The second-order valence-electron chi connectivity index (χ2n) is 18.6. The third kappa shape index (κ3) is 8.16. The minimum absolute atomic E-state index is 0.0980. The predicted octanol–water partition coefficient (Wildman–Crippen LogP) is 9.18. The summed E-state index contributed by atoms with van der Waals surface area (Å²) in [4.78, 5) is 0. The maximum absolute atomic E-state index is 11.6. The number of aliphatic hydroxyl groups excluding tert-OH is 1. The van der Waals surface area contributed by atoms with Crippen molar-refractivity contribution >= 4 is 16.6 Å². The van der Waals surface area contributed by atoms with Gasteiger partial charge in [-0.3, -0.25) is 0 Å². The average molecular weight is 836 g/mol. The van der Waals surface area contributed by atoms with Gasteiger partial charge < -0.3 is 45.1 Å². The molecule has 0 saturated carbocycles. The molecule has 1 unspecified atom stereocenters. The SMILES string of the molecule is NC1C=CC2=C(N1)n1cc3cc([C@@]45CCOC[C@H]4CCc4ccccc45)cc(c3c1)COc1cc(ccc1O)CC[C@@H](O)C[C@H]1O[C@@H]2CC[C@@H]1CCCCCc1ccc(O)cc1. The number of phenolic OH excluding ortho intramolecular Hbond substituents is 2. The van der Waals surface area contributed by atoms with Crippen molar-refractivity contribution in [3.05, 3.63) is 142 Å². The van der Waals surface area contributed by atoms with E-state index in [9.17, 15) is 15.3 Å². The van der Waals surface area contributed by atoms with Crippen molar-refractivity contribution in [2.45, 2.75) is 120 Å². The number of hydrogen-bond acceptors (Lipinski definition) is 8. The summed E-state index contributed by atoms with van der Waals surface area (Å²) in [7, 11) is 0. The van der Waals surface area contributed by atoms with Crippen LogP contribution >= 0.6 is 0 Å². The van der Waals surface area contributed by atoms with Crippen LogP contribution in [-0.4, -0.2) is 57.6 Å². The van der Waals surface area contributed by atoms with Gasteiger partial charge in [0.05, 0.1) is 31.1 Å². The zero-order valence-corrected chi connectivity index (χ0v) is 35.7. The number of dihydropyridines is 1. The Morgan fingerprint density at radius 2 is 1.76 bits per heavy atom. The van der Waals surface area contributed by atoms with Gasteiger partial charge in [0.2, 0.25) is 0 Å². The Hall–Kier alpha value is -5.06. The van der Waals surface area contributed by atoms with Gasteiger partial charge in [0.1, 0.15) is 18.2 Å². The lowest BCUT2D eigenvalue weighted by Crippen LogP contribution is -2.47. The standard InChI is InChI=1S/C53H61N3O6/c54-51-23-20-44-48-22-15-37(8-3-1-2-6-34-10-17-42(57)18-11-34)49(62-48)29-43(58)19-12-35-13-21-47(59)50(26-35)61-32-39-28-41(27-38-30-56(31-45(38)39)52(44)55-51)53-24-25-60-33-40(53)16-14-36-7-4-5-9-46(36)53/h4-5,7,9-11,13,17-18,20-21,23,26-28,30-31,37,40,43,48-49,51,55,57-59H,1-3,6,8,12,14-16,19,22,24-25,29,32-33,54H2/t37-,40+,43+,48+,49+,51?,53+/m0/s1. The van der Waals surface area contributed by atoms with Crippen LogP contribution in [0.25, 0.3) is 16.6 Å². The first-order valence-electron chi connectivity index (χ1n) is 23.1. The van der Waals surface area contributed by atoms with Gasteiger partial charge in [-0.1, -0.05) is 67.4 Å². The lowest BCUT2D eigenvalue weighted by atomic mass is 9.57. The number of nitrogens with one attached hydrogen (secondary N) is 1. The molecule has 324 valence electrons. The molecule has 62 heavy (non-hydrogen) atoms. The fourth-order valence-electron chi connectivity index (χ4n) is 11.4. The molecule has 2 fully saturated rings. The number of nitrogens with two attached hydrogens (primary N) is 1. The third-order valence-electron chi connectivity index (χ3n) is 14.8. The quantitative estimate of drug-likeness (QED) is 0.103. The molecular formula is C53H61N3O6.